The zero-order chi connectivity index (χ0) is 12.4. The topological polar surface area (TPSA) is 83.6 Å². The Morgan fingerprint density at radius 1 is 1.47 bits per heavy atom. The molecule has 2 rings (SSSR count). The molecule has 1 saturated heterocycles. The fourth-order valence-corrected chi connectivity index (χ4v) is 3.55. The Morgan fingerprint density at radius 2 is 2.24 bits per heavy atom. The van der Waals surface area contributed by atoms with Gasteiger partial charge in [-0.1, -0.05) is 6.42 Å². The van der Waals surface area contributed by atoms with Crippen molar-refractivity contribution >= 4 is 23.6 Å². The quantitative estimate of drug-likeness (QED) is 0.549. The van der Waals surface area contributed by atoms with Crippen LogP contribution in [0.3, 0.4) is 0 Å². The van der Waals surface area contributed by atoms with Gasteiger partial charge in [0.1, 0.15) is 5.70 Å². The fraction of sp³-hybridized carbons (Fsp3) is 0.636. The van der Waals surface area contributed by atoms with Gasteiger partial charge >= 0.3 is 5.97 Å². The number of aliphatic carboxylic acids is 1. The Hall–Kier alpha value is -1.01. The summed E-state index contributed by atoms with van der Waals surface area (Å²) in [5, 5.41) is 9.18. The van der Waals surface area contributed by atoms with E-state index in [4.69, 9.17) is 10.8 Å². The second-order valence-corrected chi connectivity index (χ2v) is 5.49. The number of hydrogen-bond donors (Lipinski definition) is 2. The van der Waals surface area contributed by atoms with Crippen LogP contribution in [-0.4, -0.2) is 33.8 Å². The van der Waals surface area contributed by atoms with Crippen LogP contribution >= 0.6 is 11.8 Å². The van der Waals surface area contributed by atoms with E-state index in [9.17, 15) is 9.59 Å². The van der Waals surface area contributed by atoms with Gasteiger partial charge in [0.05, 0.1) is 11.8 Å². The number of allylic oxidation sites excluding steroid dienone is 1. The first kappa shape index (κ1) is 12.4. The Balaban J connectivity index is 1.99. The molecular weight excluding hydrogens is 240 g/mol. The molecule has 1 atom stereocenters. The molecule has 1 amide bonds. The fourth-order valence-electron chi connectivity index (χ4n) is 2.11. The lowest BCUT2D eigenvalue weighted by molar-refractivity contribution is -0.145. The minimum absolute atomic E-state index is 0.0399. The van der Waals surface area contributed by atoms with Crippen LogP contribution in [0.1, 0.15) is 32.1 Å². The number of unbranched alkanes of at least 4 members (excludes halogenated alkanes) is 2. The summed E-state index contributed by atoms with van der Waals surface area (Å²) in [4.78, 5) is 24.8. The van der Waals surface area contributed by atoms with Gasteiger partial charge in [0.15, 0.2) is 0 Å². The highest BCUT2D eigenvalue weighted by molar-refractivity contribution is 8.04. The molecule has 0 aliphatic carbocycles. The molecule has 6 heteroatoms. The molecule has 0 aromatic rings. The second-order valence-electron chi connectivity index (χ2n) is 4.22. The molecule has 0 radical (unpaired) electrons. The lowest BCUT2D eigenvalue weighted by Crippen LogP contribution is -2.48. The molecule has 0 aromatic heterocycles. The molecule has 0 spiro atoms. The van der Waals surface area contributed by atoms with Crippen LogP contribution < -0.4 is 5.73 Å². The van der Waals surface area contributed by atoms with Gasteiger partial charge in [-0.05, 0) is 25.8 Å². The van der Waals surface area contributed by atoms with Gasteiger partial charge in [0.2, 0.25) is 5.91 Å². The highest BCUT2D eigenvalue weighted by Gasteiger charge is 2.47. The van der Waals surface area contributed by atoms with Crippen molar-refractivity contribution in [2.24, 2.45) is 5.73 Å². The van der Waals surface area contributed by atoms with Crippen LogP contribution in [0.15, 0.2) is 10.6 Å². The molecule has 0 bridgehead atoms. The van der Waals surface area contributed by atoms with Crippen molar-refractivity contribution in [3.63, 3.8) is 0 Å². The summed E-state index contributed by atoms with van der Waals surface area (Å²) in [5.74, 6) is -1.06. The summed E-state index contributed by atoms with van der Waals surface area (Å²) in [6, 6.07) is 0. The van der Waals surface area contributed by atoms with Crippen molar-refractivity contribution in [2.75, 3.05) is 6.54 Å². The zero-order valence-electron chi connectivity index (χ0n) is 9.52. The summed E-state index contributed by atoms with van der Waals surface area (Å²) in [7, 11) is 0. The number of hydrogen-bond acceptors (Lipinski definition) is 4. The Kier molecular flexibility index (Phi) is 3.73. The second kappa shape index (κ2) is 5.10. The number of thioether (sulfide) groups is 1. The van der Waals surface area contributed by atoms with Crippen molar-refractivity contribution in [3.05, 3.63) is 10.6 Å². The molecule has 2 heterocycles. The number of fused-ring (bicyclic) bond motifs is 1. The van der Waals surface area contributed by atoms with Gasteiger partial charge < -0.3 is 10.8 Å². The number of nitrogens with two attached hydrogens (primary N) is 1. The normalized spacial score (nSPS) is 22.8. The van der Waals surface area contributed by atoms with E-state index in [1.807, 2.05) is 0 Å². The van der Waals surface area contributed by atoms with E-state index in [1.165, 1.54) is 16.7 Å². The van der Waals surface area contributed by atoms with E-state index in [1.54, 1.807) is 0 Å². The Bertz CT molecular complexity index is 381. The maximum atomic E-state index is 11.3. The van der Waals surface area contributed by atoms with Crippen LogP contribution in [0.25, 0.3) is 0 Å². The smallest absolute Gasteiger partial charge is 0.353 e. The average molecular weight is 256 g/mol. The van der Waals surface area contributed by atoms with Gasteiger partial charge in [0, 0.05) is 4.91 Å². The van der Waals surface area contributed by atoms with Gasteiger partial charge in [0.25, 0.3) is 0 Å². The molecule has 0 unspecified atom stereocenters. The zero-order valence-corrected chi connectivity index (χ0v) is 10.3. The first-order chi connectivity index (χ1) is 8.15. The lowest BCUT2D eigenvalue weighted by Gasteiger charge is -2.33. The van der Waals surface area contributed by atoms with Crippen molar-refractivity contribution in [2.45, 2.75) is 37.5 Å². The third kappa shape index (κ3) is 2.32. The SMILES string of the molecule is NCCCCCC1=C(C(=O)O)N2C(=O)C[C@@H]2S1. The van der Waals surface area contributed by atoms with Gasteiger partial charge in [-0.25, -0.2) is 4.79 Å². The summed E-state index contributed by atoms with van der Waals surface area (Å²) >= 11 is 1.53. The molecule has 5 nitrogen and oxygen atoms in total. The predicted molar refractivity (Wildman–Crippen MR) is 65.0 cm³/mol. The number of β-lactam (4-membered cyclic amide) rings is 1. The third-order valence-corrected chi connectivity index (χ3v) is 4.33. The molecule has 17 heavy (non-hydrogen) atoms. The first-order valence-corrected chi connectivity index (χ1v) is 6.68. The Morgan fingerprint density at radius 3 is 2.82 bits per heavy atom. The number of amides is 1. The molecule has 94 valence electrons. The maximum absolute atomic E-state index is 11.3. The largest absolute Gasteiger partial charge is 0.477 e. The van der Waals surface area contributed by atoms with Crippen molar-refractivity contribution < 1.29 is 14.7 Å². The molecule has 1 fully saturated rings. The number of carboxylic acids is 1. The van der Waals surface area contributed by atoms with E-state index in [2.05, 4.69) is 0 Å². The van der Waals surface area contributed by atoms with Gasteiger partial charge in [-0.3, -0.25) is 9.69 Å². The number of rotatable bonds is 6. The number of carboxylic acid groups (broad SMARTS) is 1. The van der Waals surface area contributed by atoms with Crippen LogP contribution in [0.5, 0.6) is 0 Å². The maximum Gasteiger partial charge on any atom is 0.353 e. The Labute approximate surface area is 104 Å². The first-order valence-electron chi connectivity index (χ1n) is 5.80. The van der Waals surface area contributed by atoms with Crippen LogP contribution in [0.4, 0.5) is 0 Å². The van der Waals surface area contributed by atoms with E-state index < -0.39 is 5.97 Å². The number of nitrogens with zero attached hydrogens (tertiary/aromatic N) is 1. The summed E-state index contributed by atoms with van der Waals surface area (Å²) < 4.78 is 0. The standard InChI is InChI=1S/C11H16N2O3S/c12-5-3-1-2-4-7-10(11(15)16)13-8(14)6-9(13)17-7/h9H,1-6,12H2,(H,15,16)/t9-/m0/s1. The van der Waals surface area contributed by atoms with E-state index in [-0.39, 0.29) is 17.0 Å². The molecule has 2 aliphatic heterocycles. The van der Waals surface area contributed by atoms with Gasteiger partial charge in [-0.15, -0.1) is 11.8 Å². The third-order valence-electron chi connectivity index (χ3n) is 3.00. The predicted octanol–water partition coefficient (Wildman–Crippen LogP) is 1.11. The van der Waals surface area contributed by atoms with Crippen molar-refractivity contribution in [1.29, 1.82) is 0 Å². The summed E-state index contributed by atoms with van der Waals surface area (Å²) in [6.07, 6.45) is 4.11. The molecule has 2 aliphatic rings. The summed E-state index contributed by atoms with van der Waals surface area (Å²) in [5.41, 5.74) is 5.62. The van der Waals surface area contributed by atoms with E-state index >= 15 is 0 Å². The van der Waals surface area contributed by atoms with Crippen LogP contribution in [-0.2, 0) is 9.59 Å². The average Bonchev–Trinajstić information content (AvgIpc) is 2.57. The van der Waals surface area contributed by atoms with Crippen LogP contribution in [0.2, 0.25) is 0 Å². The molecule has 0 aromatic carbocycles. The number of carbonyl (C=O) groups excluding carboxylic acids is 1. The molecule has 0 saturated carbocycles. The minimum Gasteiger partial charge on any atom is -0.477 e. The summed E-state index contributed by atoms with van der Waals surface area (Å²) in [6.45, 7) is 0.672. The highest BCUT2D eigenvalue weighted by atomic mass is 32.2. The van der Waals surface area contributed by atoms with Crippen LogP contribution in [0, 0.1) is 0 Å². The minimum atomic E-state index is -0.984. The highest BCUT2D eigenvalue weighted by Crippen LogP contribution is 2.47. The molecular formula is C11H16N2O3S. The van der Waals surface area contributed by atoms with Gasteiger partial charge in [-0.2, -0.15) is 0 Å². The number of carbonyl (C=O) groups is 2. The van der Waals surface area contributed by atoms with Crippen molar-refractivity contribution in [3.8, 4) is 0 Å². The monoisotopic (exact) mass is 256 g/mol. The van der Waals surface area contributed by atoms with E-state index in [0.717, 1.165) is 30.6 Å². The molecule has 3 N–H and O–H groups in total. The van der Waals surface area contributed by atoms with E-state index in [0.29, 0.717) is 13.0 Å². The lowest BCUT2D eigenvalue weighted by atomic mass is 10.1. The van der Waals surface area contributed by atoms with Crippen molar-refractivity contribution in [1.82, 2.24) is 4.90 Å².